The Hall–Kier alpha value is -4.01. The molecular formula is C69H114O9. The van der Waals surface area contributed by atoms with Crippen LogP contribution in [0.5, 0.6) is 0 Å². The first-order chi connectivity index (χ1) is 38.3. The molecule has 0 fully saturated rings. The van der Waals surface area contributed by atoms with Gasteiger partial charge in [0.2, 0.25) is 0 Å². The lowest BCUT2D eigenvalue weighted by molar-refractivity contribution is 0.0414. The van der Waals surface area contributed by atoms with Crippen molar-refractivity contribution in [1.82, 2.24) is 0 Å². The molecule has 0 aliphatic rings. The lowest BCUT2D eigenvalue weighted by atomic mass is 9.87. The summed E-state index contributed by atoms with van der Waals surface area (Å²) in [4.78, 5) is 73.2. The van der Waals surface area contributed by atoms with Crippen LogP contribution in [0.4, 0.5) is 0 Å². The maximum absolute atomic E-state index is 14.8. The molecule has 2 rings (SSSR count). The van der Waals surface area contributed by atoms with E-state index in [1.54, 1.807) is 30.3 Å². The average molecular weight is 1090 g/mol. The third-order valence-electron chi connectivity index (χ3n) is 15.4. The van der Waals surface area contributed by atoms with Crippen molar-refractivity contribution < 1.29 is 42.9 Å². The molecule has 0 bridgehead atoms. The molecule has 0 saturated carbocycles. The van der Waals surface area contributed by atoms with E-state index in [1.807, 2.05) is 0 Å². The van der Waals surface area contributed by atoms with Gasteiger partial charge in [0.25, 0.3) is 0 Å². The highest BCUT2D eigenvalue weighted by molar-refractivity contribution is 6.22. The summed E-state index contributed by atoms with van der Waals surface area (Å²) < 4.78 is 23.7. The monoisotopic (exact) mass is 1090 g/mol. The molecule has 0 atom stereocenters. The molecular weight excluding hydrogens is 973 g/mol. The second-order valence-corrected chi connectivity index (χ2v) is 22.5. The minimum absolute atomic E-state index is 0.0335. The number of esters is 4. The third kappa shape index (κ3) is 33.5. The first kappa shape index (κ1) is 70.1. The van der Waals surface area contributed by atoms with E-state index < -0.39 is 40.8 Å². The SMILES string of the molecule is CCCCCCCCCCCCCOC(=O)c1cc(C(=O)c2ccccc2)c(C(=O)OCCCCCCCCCCCCC)c(C(=O)OCCCCCCCCCCCCC)c1C(=O)OCCCCCCCCCCCCC. The molecule has 0 N–H and O–H groups in total. The third-order valence-corrected chi connectivity index (χ3v) is 15.4. The van der Waals surface area contributed by atoms with Gasteiger partial charge in [-0.15, -0.1) is 0 Å². The molecule has 0 saturated heterocycles. The molecule has 2 aromatic carbocycles. The molecule has 2 aromatic rings. The maximum atomic E-state index is 14.8. The number of carbonyl (C=O) groups is 5. The second-order valence-electron chi connectivity index (χ2n) is 22.5. The molecule has 0 unspecified atom stereocenters. The molecule has 9 heteroatoms. The predicted octanol–water partition coefficient (Wildman–Crippen LogP) is 20.8. The Kier molecular flexibility index (Phi) is 44.9. The van der Waals surface area contributed by atoms with Crippen molar-refractivity contribution in [1.29, 1.82) is 0 Å². The molecule has 0 radical (unpaired) electrons. The zero-order valence-corrected chi connectivity index (χ0v) is 50.6. The second kappa shape index (κ2) is 50.0. The highest BCUT2D eigenvalue weighted by Crippen LogP contribution is 2.31. The molecule has 0 spiro atoms. The van der Waals surface area contributed by atoms with Crippen LogP contribution in [-0.2, 0) is 18.9 Å². The molecule has 0 aliphatic carbocycles. The number of hydrogen-bond acceptors (Lipinski definition) is 9. The van der Waals surface area contributed by atoms with E-state index in [4.69, 9.17) is 18.9 Å². The Balaban J connectivity index is 2.45. The summed E-state index contributed by atoms with van der Waals surface area (Å²) in [5, 5.41) is 0. The molecule has 0 heterocycles. The van der Waals surface area contributed by atoms with Crippen molar-refractivity contribution in [2.75, 3.05) is 26.4 Å². The molecule has 0 aromatic heterocycles. The van der Waals surface area contributed by atoms with E-state index in [1.165, 1.54) is 186 Å². The van der Waals surface area contributed by atoms with E-state index in [0.717, 1.165) is 77.0 Å². The van der Waals surface area contributed by atoms with Crippen LogP contribution in [0.25, 0.3) is 0 Å². The van der Waals surface area contributed by atoms with Gasteiger partial charge in [0.05, 0.1) is 48.7 Å². The molecule has 9 nitrogen and oxygen atoms in total. The number of carbonyl (C=O) groups excluding carboxylic acids is 5. The van der Waals surface area contributed by atoms with Crippen LogP contribution < -0.4 is 0 Å². The normalized spacial score (nSPS) is 11.2. The first-order valence-corrected chi connectivity index (χ1v) is 32.8. The Morgan fingerprint density at radius 1 is 0.269 bits per heavy atom. The quantitative estimate of drug-likeness (QED) is 0.0276. The maximum Gasteiger partial charge on any atom is 0.339 e. The van der Waals surface area contributed by atoms with Gasteiger partial charge in [-0.05, 0) is 31.7 Å². The standard InChI is InChI=1S/C69H114O9/c1-5-9-13-17-21-25-29-33-37-41-48-54-75-66(71)61-58-60(65(70)59-52-46-45-47-53-59)62(67(72)76-55-49-42-38-34-30-26-22-18-14-10-6-2)64(69(74)78-57-51-44-40-36-32-28-24-20-16-12-8-4)63(61)68(73)77-56-50-43-39-35-31-27-23-19-15-11-7-3/h45-47,52-53,58H,5-44,48-51,54-57H2,1-4H3. The van der Waals surface area contributed by atoms with Gasteiger partial charge >= 0.3 is 23.9 Å². The topological polar surface area (TPSA) is 122 Å². The van der Waals surface area contributed by atoms with E-state index in [-0.39, 0.29) is 48.7 Å². The van der Waals surface area contributed by atoms with Gasteiger partial charge in [-0.3, -0.25) is 4.79 Å². The number of benzene rings is 2. The van der Waals surface area contributed by atoms with Gasteiger partial charge < -0.3 is 18.9 Å². The highest BCUT2D eigenvalue weighted by atomic mass is 16.5. The lowest BCUT2D eigenvalue weighted by Gasteiger charge is -2.20. The number of unbranched alkanes of at least 4 members (excludes halogenated alkanes) is 40. The van der Waals surface area contributed by atoms with Gasteiger partial charge in [-0.2, -0.15) is 0 Å². The fraction of sp³-hybridized carbons (Fsp3) is 0.754. The van der Waals surface area contributed by atoms with Crippen LogP contribution in [0.15, 0.2) is 36.4 Å². The summed E-state index contributed by atoms with van der Waals surface area (Å²) in [7, 11) is 0. The number of rotatable bonds is 54. The van der Waals surface area contributed by atoms with E-state index >= 15 is 0 Å². The summed E-state index contributed by atoms with van der Waals surface area (Å²) in [6.45, 7) is 9.18. The van der Waals surface area contributed by atoms with Crippen molar-refractivity contribution in [3.05, 3.63) is 69.8 Å². The fourth-order valence-electron chi connectivity index (χ4n) is 10.4. The van der Waals surface area contributed by atoms with Crippen LogP contribution in [-0.4, -0.2) is 56.1 Å². The fourth-order valence-corrected chi connectivity index (χ4v) is 10.4. The summed E-state index contributed by atoms with van der Waals surface area (Å²) in [6, 6.07) is 9.69. The number of ketones is 1. The van der Waals surface area contributed by atoms with Crippen LogP contribution in [0, 0.1) is 0 Å². The summed E-state index contributed by atoms with van der Waals surface area (Å²) in [5.41, 5.74) is -1.57. The Morgan fingerprint density at radius 2 is 0.500 bits per heavy atom. The van der Waals surface area contributed by atoms with Gasteiger partial charge in [-0.1, -0.05) is 315 Å². The van der Waals surface area contributed by atoms with Crippen molar-refractivity contribution in [3.8, 4) is 0 Å². The van der Waals surface area contributed by atoms with Crippen LogP contribution in [0.2, 0.25) is 0 Å². The van der Waals surface area contributed by atoms with Crippen LogP contribution in [0.1, 0.15) is 368 Å². The van der Waals surface area contributed by atoms with E-state index in [0.29, 0.717) is 25.7 Å². The Bertz CT molecular complexity index is 1820. The van der Waals surface area contributed by atoms with Gasteiger partial charge in [0.15, 0.2) is 5.78 Å². The number of hydrogen-bond donors (Lipinski definition) is 0. The average Bonchev–Trinajstić information content (AvgIpc) is 3.54. The van der Waals surface area contributed by atoms with Crippen LogP contribution in [0.3, 0.4) is 0 Å². The summed E-state index contributed by atoms with van der Waals surface area (Å²) in [5.74, 6) is -4.32. The molecule has 78 heavy (non-hydrogen) atoms. The minimum Gasteiger partial charge on any atom is -0.462 e. The Morgan fingerprint density at radius 3 is 0.782 bits per heavy atom. The van der Waals surface area contributed by atoms with Crippen molar-refractivity contribution in [2.45, 2.75) is 310 Å². The largest absolute Gasteiger partial charge is 0.462 e. The molecule has 444 valence electrons. The van der Waals surface area contributed by atoms with E-state index in [2.05, 4.69) is 27.7 Å². The van der Waals surface area contributed by atoms with E-state index in [9.17, 15) is 24.0 Å². The first-order valence-electron chi connectivity index (χ1n) is 32.8. The predicted molar refractivity (Wildman–Crippen MR) is 323 cm³/mol. The van der Waals surface area contributed by atoms with Gasteiger partial charge in [0.1, 0.15) is 0 Å². The molecule has 0 amide bonds. The van der Waals surface area contributed by atoms with Crippen molar-refractivity contribution >= 4 is 29.7 Å². The van der Waals surface area contributed by atoms with Crippen molar-refractivity contribution in [3.63, 3.8) is 0 Å². The zero-order chi connectivity index (χ0) is 56.4. The summed E-state index contributed by atoms with van der Waals surface area (Å²) in [6.07, 6.45) is 49.4. The van der Waals surface area contributed by atoms with Gasteiger partial charge in [-0.25, -0.2) is 19.2 Å². The number of ether oxygens (including phenoxy) is 4. The minimum atomic E-state index is -0.979. The smallest absolute Gasteiger partial charge is 0.339 e. The summed E-state index contributed by atoms with van der Waals surface area (Å²) >= 11 is 0. The van der Waals surface area contributed by atoms with Crippen molar-refractivity contribution in [2.24, 2.45) is 0 Å². The highest BCUT2D eigenvalue weighted by Gasteiger charge is 2.37. The molecule has 0 aliphatic heterocycles. The Labute approximate surface area is 477 Å². The van der Waals surface area contributed by atoms with Crippen LogP contribution >= 0.6 is 0 Å². The lowest BCUT2D eigenvalue weighted by Crippen LogP contribution is -2.27. The zero-order valence-electron chi connectivity index (χ0n) is 50.6. The van der Waals surface area contributed by atoms with Gasteiger partial charge in [0, 0.05) is 11.1 Å².